The van der Waals surface area contributed by atoms with E-state index < -0.39 is 0 Å². The molecule has 0 aliphatic carbocycles. The molecule has 0 radical (unpaired) electrons. The first kappa shape index (κ1) is 10.5. The minimum atomic E-state index is 0.213. The van der Waals surface area contributed by atoms with Gasteiger partial charge in [0.2, 0.25) is 5.91 Å². The molecule has 0 saturated carbocycles. The highest BCUT2D eigenvalue weighted by Gasteiger charge is 2.25. The van der Waals surface area contributed by atoms with E-state index >= 15 is 0 Å². The molecule has 4 heteroatoms. The molecule has 13 heavy (non-hydrogen) atoms. The molecule has 0 spiro atoms. The third kappa shape index (κ3) is 3.01. The minimum Gasteiger partial charge on any atom is -0.344 e. The Morgan fingerprint density at radius 3 is 3.00 bits per heavy atom. The van der Waals surface area contributed by atoms with Crippen LogP contribution in [0.15, 0.2) is 11.1 Å². The largest absolute Gasteiger partial charge is 0.344 e. The van der Waals surface area contributed by atoms with Crippen LogP contribution < -0.4 is 5.32 Å². The number of hydrogen-bond donors (Lipinski definition) is 1. The summed E-state index contributed by atoms with van der Waals surface area (Å²) in [6.45, 7) is 3.52. The van der Waals surface area contributed by atoms with Gasteiger partial charge in [-0.25, -0.2) is 0 Å². The van der Waals surface area contributed by atoms with E-state index in [1.807, 2.05) is 14.0 Å². The van der Waals surface area contributed by atoms with E-state index in [0.29, 0.717) is 6.42 Å². The third-order valence-electron chi connectivity index (χ3n) is 2.20. The highest BCUT2D eigenvalue weighted by Crippen LogP contribution is 2.08. The van der Waals surface area contributed by atoms with Crippen LogP contribution in [0.25, 0.3) is 0 Å². The number of likely N-dealkylation sites (N-methyl/N-ethyl adjacent to an activating group) is 1. The summed E-state index contributed by atoms with van der Waals surface area (Å²) < 4.78 is 0. The van der Waals surface area contributed by atoms with Gasteiger partial charge >= 0.3 is 0 Å². The normalized spacial score (nSPS) is 24.2. The van der Waals surface area contributed by atoms with Gasteiger partial charge in [0.15, 0.2) is 0 Å². The highest BCUT2D eigenvalue weighted by molar-refractivity contribution is 6.25. The van der Waals surface area contributed by atoms with E-state index in [2.05, 4.69) is 5.32 Å². The zero-order valence-electron chi connectivity index (χ0n) is 8.01. The van der Waals surface area contributed by atoms with Crippen molar-refractivity contribution in [2.75, 3.05) is 20.1 Å². The number of carbonyl (C=O) groups is 1. The van der Waals surface area contributed by atoms with E-state index in [1.54, 1.807) is 10.4 Å². The molecule has 1 fully saturated rings. The van der Waals surface area contributed by atoms with Gasteiger partial charge in [-0.05, 0) is 12.5 Å². The number of carbonyl (C=O) groups excluding carboxylic acids is 1. The van der Waals surface area contributed by atoms with Crippen molar-refractivity contribution in [3.8, 4) is 0 Å². The monoisotopic (exact) mass is 202 g/mol. The van der Waals surface area contributed by atoms with Crippen LogP contribution in [0.2, 0.25) is 0 Å². The van der Waals surface area contributed by atoms with Crippen LogP contribution in [0.3, 0.4) is 0 Å². The van der Waals surface area contributed by atoms with Crippen molar-refractivity contribution in [2.24, 2.45) is 0 Å². The molecular weight excluding hydrogens is 188 g/mol. The number of nitrogens with one attached hydrogen (secondary N) is 1. The second-order valence-corrected chi connectivity index (χ2v) is 3.73. The average molecular weight is 203 g/mol. The molecule has 0 aromatic carbocycles. The Balaban J connectivity index is 2.28. The highest BCUT2D eigenvalue weighted by atomic mass is 35.5. The third-order valence-corrected chi connectivity index (χ3v) is 2.57. The van der Waals surface area contributed by atoms with Crippen molar-refractivity contribution in [1.29, 1.82) is 0 Å². The van der Waals surface area contributed by atoms with Crippen molar-refractivity contribution in [3.63, 3.8) is 0 Å². The Morgan fingerprint density at radius 1 is 1.85 bits per heavy atom. The lowest BCUT2D eigenvalue weighted by Gasteiger charge is -2.11. The molecule has 3 nitrogen and oxygen atoms in total. The lowest BCUT2D eigenvalue weighted by atomic mass is 10.2. The Bertz CT molecular complexity index is 228. The topological polar surface area (TPSA) is 32.3 Å². The molecule has 74 valence electrons. The molecule has 1 amide bonds. The zero-order chi connectivity index (χ0) is 9.84. The quantitative estimate of drug-likeness (QED) is 0.739. The number of nitrogens with zero attached hydrogens (tertiary/aromatic N) is 1. The van der Waals surface area contributed by atoms with Gasteiger partial charge in [-0.2, -0.15) is 0 Å². The predicted molar refractivity (Wildman–Crippen MR) is 53.7 cm³/mol. The standard InChI is InChI=1S/C9H15ClN2O/c1-7(4-10)5-11-8-3-9(13)12(2)6-8/h4,8,11H,3,5-6H2,1-2H3/b7-4+. The van der Waals surface area contributed by atoms with E-state index in [4.69, 9.17) is 11.6 Å². The fraction of sp³-hybridized carbons (Fsp3) is 0.667. The molecule has 1 aliphatic heterocycles. The van der Waals surface area contributed by atoms with Gasteiger partial charge in [0.1, 0.15) is 0 Å². The van der Waals surface area contributed by atoms with E-state index in [-0.39, 0.29) is 11.9 Å². The Hall–Kier alpha value is -0.540. The summed E-state index contributed by atoms with van der Waals surface area (Å²) in [6.07, 6.45) is 0.603. The summed E-state index contributed by atoms with van der Waals surface area (Å²) in [5.41, 5.74) is 2.65. The van der Waals surface area contributed by atoms with Gasteiger partial charge in [-0.1, -0.05) is 11.6 Å². The molecule has 1 heterocycles. The summed E-state index contributed by atoms with van der Waals surface area (Å²) in [5.74, 6) is 0.213. The maximum atomic E-state index is 11.1. The smallest absolute Gasteiger partial charge is 0.224 e. The number of amides is 1. The molecule has 1 rings (SSSR count). The minimum absolute atomic E-state index is 0.213. The second-order valence-electron chi connectivity index (χ2n) is 3.51. The Labute approximate surface area is 83.7 Å². The van der Waals surface area contributed by atoms with Crippen LogP contribution in [-0.2, 0) is 4.79 Å². The molecule has 1 aliphatic rings. The fourth-order valence-corrected chi connectivity index (χ4v) is 1.42. The van der Waals surface area contributed by atoms with Crippen molar-refractivity contribution in [1.82, 2.24) is 10.2 Å². The summed E-state index contributed by atoms with van der Waals surface area (Å²) >= 11 is 5.52. The average Bonchev–Trinajstić information content (AvgIpc) is 2.42. The fourth-order valence-electron chi connectivity index (χ4n) is 1.34. The molecule has 0 aromatic rings. The maximum Gasteiger partial charge on any atom is 0.224 e. The van der Waals surface area contributed by atoms with Crippen molar-refractivity contribution < 1.29 is 4.79 Å². The number of rotatable bonds is 3. The molecule has 1 atom stereocenters. The van der Waals surface area contributed by atoms with Gasteiger partial charge in [-0.15, -0.1) is 0 Å². The van der Waals surface area contributed by atoms with E-state index in [0.717, 1.165) is 18.7 Å². The number of halogens is 1. The molecular formula is C9H15ClN2O. The number of likely N-dealkylation sites (tertiary alicyclic amines) is 1. The lowest BCUT2D eigenvalue weighted by Crippen LogP contribution is -2.32. The first-order valence-corrected chi connectivity index (χ1v) is 4.80. The summed E-state index contributed by atoms with van der Waals surface area (Å²) in [5, 5.41) is 3.28. The zero-order valence-corrected chi connectivity index (χ0v) is 8.77. The van der Waals surface area contributed by atoms with Gasteiger partial charge < -0.3 is 10.2 Å². The first-order valence-electron chi connectivity index (χ1n) is 4.36. The van der Waals surface area contributed by atoms with Gasteiger partial charge in [-0.3, -0.25) is 4.79 Å². The summed E-state index contributed by atoms with van der Waals surface area (Å²) in [7, 11) is 1.83. The van der Waals surface area contributed by atoms with Gasteiger partial charge in [0.05, 0.1) is 0 Å². The predicted octanol–water partition coefficient (Wildman–Crippen LogP) is 0.949. The molecule has 1 unspecified atom stereocenters. The van der Waals surface area contributed by atoms with Crippen LogP contribution in [0.5, 0.6) is 0 Å². The van der Waals surface area contributed by atoms with E-state index in [1.165, 1.54) is 0 Å². The maximum absolute atomic E-state index is 11.1. The van der Waals surface area contributed by atoms with Gasteiger partial charge in [0, 0.05) is 38.1 Å². The van der Waals surface area contributed by atoms with Crippen molar-refractivity contribution >= 4 is 17.5 Å². The van der Waals surface area contributed by atoms with Gasteiger partial charge in [0.25, 0.3) is 0 Å². The van der Waals surface area contributed by atoms with Crippen LogP contribution in [0.1, 0.15) is 13.3 Å². The van der Waals surface area contributed by atoms with Crippen molar-refractivity contribution in [2.45, 2.75) is 19.4 Å². The SMILES string of the molecule is C/C(=C\Cl)CNC1CC(=O)N(C)C1. The molecule has 0 bridgehead atoms. The number of hydrogen-bond acceptors (Lipinski definition) is 2. The van der Waals surface area contributed by atoms with Crippen molar-refractivity contribution in [3.05, 3.63) is 11.1 Å². The van der Waals surface area contributed by atoms with E-state index in [9.17, 15) is 4.79 Å². The Morgan fingerprint density at radius 2 is 2.54 bits per heavy atom. The molecule has 0 aromatic heterocycles. The van der Waals surface area contributed by atoms with Crippen LogP contribution in [0, 0.1) is 0 Å². The van der Waals surface area contributed by atoms with Crippen LogP contribution in [0.4, 0.5) is 0 Å². The first-order chi connectivity index (χ1) is 6.13. The van der Waals surface area contributed by atoms with Crippen LogP contribution >= 0.6 is 11.6 Å². The second kappa shape index (κ2) is 4.63. The summed E-state index contributed by atoms with van der Waals surface area (Å²) in [6, 6.07) is 0.282. The lowest BCUT2D eigenvalue weighted by molar-refractivity contribution is -0.126. The molecule has 1 saturated heterocycles. The molecule has 1 N–H and O–H groups in total. The van der Waals surface area contributed by atoms with Crippen LogP contribution in [-0.4, -0.2) is 37.0 Å². The Kier molecular flexibility index (Phi) is 3.75. The summed E-state index contributed by atoms with van der Waals surface area (Å²) in [4.78, 5) is 12.9.